The summed E-state index contributed by atoms with van der Waals surface area (Å²) in [5.74, 6) is -1.28. The van der Waals surface area contributed by atoms with E-state index < -0.39 is 16.6 Å². The van der Waals surface area contributed by atoms with Gasteiger partial charge in [0.25, 0.3) is 17.4 Å². The number of nitro groups is 1. The topological polar surface area (TPSA) is 124 Å². The molecule has 3 rings (SSSR count). The second kappa shape index (κ2) is 4.44. The first-order valence-corrected chi connectivity index (χ1v) is 5.85. The van der Waals surface area contributed by atoms with Gasteiger partial charge in [-0.2, -0.15) is 4.80 Å². The number of anilines is 1. The number of nitro benzene ring substituents is 1. The Bertz CT molecular complexity index is 783. The zero-order valence-corrected chi connectivity index (χ0v) is 10.8. The minimum atomic E-state index is -0.780. The van der Waals surface area contributed by atoms with E-state index in [9.17, 15) is 19.7 Å². The molecule has 0 saturated heterocycles. The molecule has 106 valence electrons. The van der Waals surface area contributed by atoms with Crippen LogP contribution in [0.1, 0.15) is 16.2 Å². The molecule has 10 nitrogen and oxygen atoms in total. The quantitative estimate of drug-likeness (QED) is 0.437. The molecule has 0 radical (unpaired) electrons. The maximum Gasteiger partial charge on any atom is 0.299 e. The third-order valence-electron chi connectivity index (χ3n) is 3.02. The summed E-state index contributed by atoms with van der Waals surface area (Å²) in [5.41, 5.74) is 0.0792. The minimum Gasteiger partial charge on any atom is -0.297 e. The lowest BCUT2D eigenvalue weighted by atomic mass is 10.1. The Labute approximate surface area is 117 Å². The van der Waals surface area contributed by atoms with E-state index in [1.54, 1.807) is 7.05 Å². The van der Waals surface area contributed by atoms with Crippen LogP contribution in [-0.4, -0.2) is 36.8 Å². The molecule has 1 aromatic carbocycles. The molecule has 1 aliphatic rings. The van der Waals surface area contributed by atoms with E-state index in [2.05, 4.69) is 15.4 Å². The van der Waals surface area contributed by atoms with Crippen molar-refractivity contribution in [2.45, 2.75) is 6.54 Å². The zero-order valence-electron chi connectivity index (χ0n) is 10.8. The van der Waals surface area contributed by atoms with Gasteiger partial charge in [-0.15, -0.1) is 10.2 Å². The van der Waals surface area contributed by atoms with Gasteiger partial charge in [-0.1, -0.05) is 0 Å². The first-order chi connectivity index (χ1) is 9.97. The van der Waals surface area contributed by atoms with Crippen LogP contribution >= 0.6 is 0 Å². The Morgan fingerprint density at radius 2 is 2.10 bits per heavy atom. The zero-order chi connectivity index (χ0) is 15.1. The predicted octanol–water partition coefficient (Wildman–Crippen LogP) is -0.152. The van der Waals surface area contributed by atoms with Crippen LogP contribution in [0.5, 0.6) is 0 Å². The van der Waals surface area contributed by atoms with E-state index in [-0.39, 0.29) is 23.6 Å². The third-order valence-corrected chi connectivity index (χ3v) is 3.02. The number of fused-ring (bicyclic) bond motifs is 1. The number of non-ortho nitro benzene ring substituents is 1. The highest BCUT2D eigenvalue weighted by atomic mass is 16.6. The number of Topliss-reactive ketones (excluding diaryl/α,β-unsaturated/α-hetero) is 1. The van der Waals surface area contributed by atoms with Gasteiger partial charge in [0.2, 0.25) is 0 Å². The van der Waals surface area contributed by atoms with Crippen LogP contribution in [0.25, 0.3) is 0 Å². The van der Waals surface area contributed by atoms with Gasteiger partial charge < -0.3 is 0 Å². The van der Waals surface area contributed by atoms with E-state index in [1.807, 2.05) is 0 Å². The first-order valence-electron chi connectivity index (χ1n) is 5.85. The fourth-order valence-electron chi connectivity index (χ4n) is 2.09. The highest BCUT2D eigenvalue weighted by molar-refractivity contribution is 6.52. The second-order valence-electron chi connectivity index (χ2n) is 4.37. The molecule has 2 aromatic rings. The molecule has 1 amide bonds. The van der Waals surface area contributed by atoms with Crippen molar-refractivity contribution < 1.29 is 14.5 Å². The van der Waals surface area contributed by atoms with Crippen LogP contribution in [0.3, 0.4) is 0 Å². The lowest BCUT2D eigenvalue weighted by Crippen LogP contribution is -2.29. The fourth-order valence-corrected chi connectivity index (χ4v) is 2.09. The highest BCUT2D eigenvalue weighted by Crippen LogP contribution is 2.32. The number of amides is 1. The minimum absolute atomic E-state index is 0.0121. The molecule has 21 heavy (non-hydrogen) atoms. The van der Waals surface area contributed by atoms with Crippen LogP contribution in [0.15, 0.2) is 18.2 Å². The molecule has 0 fully saturated rings. The number of aromatic nitrogens is 4. The maximum atomic E-state index is 12.0. The molecule has 1 aromatic heterocycles. The molecule has 10 heteroatoms. The van der Waals surface area contributed by atoms with E-state index >= 15 is 0 Å². The van der Waals surface area contributed by atoms with Gasteiger partial charge in [-0.25, -0.2) is 0 Å². The SMILES string of the molecule is Cn1nnc(CN2C(=O)C(=O)c3cc([N+](=O)[O-])ccc32)n1. The number of nitrogens with zero attached hydrogens (tertiary/aromatic N) is 6. The van der Waals surface area contributed by atoms with Gasteiger partial charge in [0, 0.05) is 12.1 Å². The molecule has 0 spiro atoms. The molecule has 0 atom stereocenters. The molecule has 0 unspecified atom stereocenters. The summed E-state index contributed by atoms with van der Waals surface area (Å²) < 4.78 is 0. The van der Waals surface area contributed by atoms with E-state index in [0.717, 1.165) is 6.07 Å². The number of hydrogen-bond donors (Lipinski definition) is 0. The second-order valence-corrected chi connectivity index (χ2v) is 4.37. The number of ketones is 1. The Morgan fingerprint density at radius 3 is 2.71 bits per heavy atom. The van der Waals surface area contributed by atoms with Crippen LogP contribution in [0.2, 0.25) is 0 Å². The van der Waals surface area contributed by atoms with Crippen LogP contribution in [0, 0.1) is 10.1 Å². The molecule has 0 N–H and O–H groups in total. The van der Waals surface area contributed by atoms with Crippen molar-refractivity contribution >= 4 is 23.1 Å². The Balaban J connectivity index is 2.00. The summed E-state index contributed by atoms with van der Waals surface area (Å²) in [6, 6.07) is 3.70. The molecular formula is C11H8N6O4. The van der Waals surface area contributed by atoms with Crippen LogP contribution < -0.4 is 4.90 Å². The Kier molecular flexibility index (Phi) is 2.71. The van der Waals surface area contributed by atoms with Gasteiger partial charge in [0.05, 0.1) is 29.8 Å². The van der Waals surface area contributed by atoms with Crippen molar-refractivity contribution in [3.8, 4) is 0 Å². The maximum absolute atomic E-state index is 12.0. The lowest BCUT2D eigenvalue weighted by Gasteiger charge is -2.13. The van der Waals surface area contributed by atoms with Crippen molar-refractivity contribution in [2.24, 2.45) is 7.05 Å². The third kappa shape index (κ3) is 2.02. The monoisotopic (exact) mass is 288 g/mol. The van der Waals surface area contributed by atoms with E-state index in [0.29, 0.717) is 5.69 Å². The average molecular weight is 288 g/mol. The first kappa shape index (κ1) is 12.8. The summed E-state index contributed by atoms with van der Waals surface area (Å²) in [7, 11) is 1.57. The number of aryl methyl sites for hydroxylation is 1. The Hall–Kier alpha value is -3.17. The Morgan fingerprint density at radius 1 is 1.33 bits per heavy atom. The van der Waals surface area contributed by atoms with Crippen molar-refractivity contribution in [3.05, 3.63) is 39.7 Å². The number of rotatable bonds is 3. The molecule has 1 aliphatic heterocycles. The predicted molar refractivity (Wildman–Crippen MR) is 67.4 cm³/mol. The van der Waals surface area contributed by atoms with Gasteiger partial charge in [0.15, 0.2) is 5.82 Å². The van der Waals surface area contributed by atoms with Gasteiger partial charge >= 0.3 is 0 Å². The van der Waals surface area contributed by atoms with Gasteiger partial charge in [0.1, 0.15) is 0 Å². The number of hydrogen-bond acceptors (Lipinski definition) is 7. The normalized spacial score (nSPS) is 13.7. The number of benzene rings is 1. The molecule has 0 saturated carbocycles. The molecule has 2 heterocycles. The van der Waals surface area contributed by atoms with Crippen molar-refractivity contribution in [3.63, 3.8) is 0 Å². The standard InChI is InChI=1S/C11H8N6O4/c1-15-13-9(12-14-15)5-16-8-3-2-6(17(20)21)4-7(8)10(18)11(16)19/h2-4H,5H2,1H3. The molecule has 0 aliphatic carbocycles. The van der Waals surface area contributed by atoms with Gasteiger partial charge in [-0.05, 0) is 11.3 Å². The highest BCUT2D eigenvalue weighted by Gasteiger charge is 2.37. The summed E-state index contributed by atoms with van der Waals surface area (Å²) >= 11 is 0. The molecule has 0 bridgehead atoms. The summed E-state index contributed by atoms with van der Waals surface area (Å²) in [4.78, 5) is 36.4. The number of tetrazole rings is 1. The van der Waals surface area contributed by atoms with Crippen molar-refractivity contribution in [2.75, 3.05) is 4.90 Å². The summed E-state index contributed by atoms with van der Waals surface area (Å²) in [5, 5.41) is 22.0. The van der Waals surface area contributed by atoms with Gasteiger partial charge in [-0.3, -0.25) is 24.6 Å². The van der Waals surface area contributed by atoms with E-state index in [4.69, 9.17) is 0 Å². The number of carbonyl (C=O) groups excluding carboxylic acids is 2. The lowest BCUT2D eigenvalue weighted by molar-refractivity contribution is -0.384. The van der Waals surface area contributed by atoms with Crippen molar-refractivity contribution in [1.29, 1.82) is 0 Å². The van der Waals surface area contributed by atoms with Crippen molar-refractivity contribution in [1.82, 2.24) is 20.2 Å². The average Bonchev–Trinajstić information content (AvgIpc) is 2.96. The van der Waals surface area contributed by atoms with Crippen LogP contribution in [-0.2, 0) is 18.4 Å². The fraction of sp³-hybridized carbons (Fsp3) is 0.182. The van der Waals surface area contributed by atoms with E-state index in [1.165, 1.54) is 21.8 Å². The summed E-state index contributed by atoms with van der Waals surface area (Å²) in [6.07, 6.45) is 0. The van der Waals surface area contributed by atoms with Crippen LogP contribution in [0.4, 0.5) is 11.4 Å². The number of carbonyl (C=O) groups is 2. The largest absolute Gasteiger partial charge is 0.299 e. The summed E-state index contributed by atoms with van der Waals surface area (Å²) in [6.45, 7) is -0.0246. The molecular weight excluding hydrogens is 280 g/mol. The smallest absolute Gasteiger partial charge is 0.297 e.